The minimum atomic E-state index is -0.436. The molecule has 0 aromatic carbocycles. The van der Waals surface area contributed by atoms with Gasteiger partial charge >= 0.3 is 12.1 Å². The Labute approximate surface area is 642 Å². The molecule has 0 bridgehead atoms. The zero-order chi connectivity index (χ0) is 80.7. The summed E-state index contributed by atoms with van der Waals surface area (Å²) in [7, 11) is 1.18. The monoisotopic (exact) mass is 1620 g/mol. The number of alkyl carbamates (subject to hydrolysis) is 1. The number of amides is 5. The highest BCUT2D eigenvalue weighted by atomic mass is 35.5. The van der Waals surface area contributed by atoms with Crippen LogP contribution in [0, 0.1) is 0 Å². The maximum atomic E-state index is 11.1. The molecule has 0 fully saturated rings. The number of hydrogen-bond donors (Lipinski definition) is 4. The number of thioether (sulfide) groups is 1. The van der Waals surface area contributed by atoms with Crippen LogP contribution in [0.15, 0.2) is 122 Å². The SMILES string of the molecule is C=C(C)C(=O)CCNC(=O)NC[SiH2]C.C=C(C)C(=O)CCOC(=O)NC[SiH2]C.C=C(C)C(=O)CCOC[SiH2]C.C=C(C)C(=O)C[SiH2]C.C=C(C)C(=O)C[SiH2]C.C=C(C)C(=O)NC[SiH2]C.C=C(Cl)C(=O)CC[SiH2]C.C=CC(=O)CCC(=O)SC[SiH2]C.C=CC(=O)C[SiH2]C.C=CC(=O)N(C)C[SiH2]C. The molecule has 4 N–H and O–H groups in total. The number of urea groups is 1. The van der Waals surface area contributed by atoms with E-state index in [4.69, 9.17) is 21.1 Å². The largest absolute Gasteiger partial charge is 0.449 e. The number of ketones is 8. The van der Waals surface area contributed by atoms with E-state index in [-0.39, 0.29) is 182 Å². The summed E-state index contributed by atoms with van der Waals surface area (Å²) in [5.41, 5.74) is 3.67. The van der Waals surface area contributed by atoms with E-state index in [2.05, 4.69) is 153 Å². The van der Waals surface area contributed by atoms with Crippen LogP contribution in [-0.4, -0.2) is 239 Å². The quantitative estimate of drug-likeness (QED) is 0.0355. The third kappa shape index (κ3) is 106. The predicted molar refractivity (Wildman–Crippen MR) is 465 cm³/mol. The van der Waals surface area contributed by atoms with Crippen LogP contribution in [0.5, 0.6) is 0 Å². The Kier molecular flexibility index (Phi) is 103. The minimum absolute atomic E-state index is 0.00448. The molecule has 580 valence electrons. The first-order chi connectivity index (χ1) is 47.3. The number of halogens is 1. The Morgan fingerprint density at radius 3 is 1.22 bits per heavy atom. The van der Waals surface area contributed by atoms with Crippen LogP contribution in [0.25, 0.3) is 0 Å². The molecule has 0 radical (unpaired) electrons. The van der Waals surface area contributed by atoms with Crippen molar-refractivity contribution in [2.45, 2.75) is 170 Å². The molecular formula is C69H136ClN5O15SSi10. The number of rotatable bonds is 43. The third-order valence-electron chi connectivity index (χ3n) is 11.5. The van der Waals surface area contributed by atoms with Gasteiger partial charge in [-0.3, -0.25) is 52.7 Å². The van der Waals surface area contributed by atoms with Gasteiger partial charge in [-0.15, -0.1) is 0 Å². The Bertz CT molecular complexity index is 2440. The first-order valence-electron chi connectivity index (χ1n) is 34.9. The molecule has 0 saturated carbocycles. The molecule has 0 aliphatic rings. The molecule has 32 heteroatoms. The normalized spacial score (nSPS) is 10.2. The number of nitrogens with zero attached hydrogens (tertiary/aromatic N) is 1. The van der Waals surface area contributed by atoms with Gasteiger partial charge in [0.15, 0.2) is 51.4 Å². The lowest BCUT2D eigenvalue weighted by Gasteiger charge is -2.12. The summed E-state index contributed by atoms with van der Waals surface area (Å²) in [5, 5.41) is 12.0. The lowest BCUT2D eigenvalue weighted by atomic mass is 10.2. The smallest absolute Gasteiger partial charge is 0.406 e. The number of ether oxygens (including phenoxy) is 2. The van der Waals surface area contributed by atoms with E-state index >= 15 is 0 Å². The van der Waals surface area contributed by atoms with Crippen molar-refractivity contribution < 1.29 is 71.8 Å². The van der Waals surface area contributed by atoms with Crippen LogP contribution in [0.1, 0.15) is 80.1 Å². The molecule has 0 unspecified atom stereocenters. The fraction of sp³-hybridized carbons (Fsp3) is 0.522. The van der Waals surface area contributed by atoms with Crippen molar-refractivity contribution in [3.05, 3.63) is 122 Å². The molecule has 0 aromatic rings. The van der Waals surface area contributed by atoms with Gasteiger partial charge in [-0.2, -0.15) is 0 Å². The van der Waals surface area contributed by atoms with Crippen molar-refractivity contribution in [3.8, 4) is 0 Å². The Morgan fingerprint density at radius 1 is 0.436 bits per heavy atom. The summed E-state index contributed by atoms with van der Waals surface area (Å²) in [6.07, 6.45) is 10.1. The lowest BCUT2D eigenvalue weighted by molar-refractivity contribution is -0.124. The first kappa shape index (κ1) is 117. The third-order valence-corrected chi connectivity index (χ3v) is 22.7. The van der Waals surface area contributed by atoms with Gasteiger partial charge in [0, 0.05) is 184 Å². The molecule has 0 rings (SSSR count). The van der Waals surface area contributed by atoms with Gasteiger partial charge in [-0.05, 0) is 111 Å². The highest BCUT2D eigenvalue weighted by Crippen LogP contribution is 2.07. The maximum absolute atomic E-state index is 11.1. The molecule has 0 spiro atoms. The van der Waals surface area contributed by atoms with Crippen molar-refractivity contribution in [2.24, 2.45) is 0 Å². The van der Waals surface area contributed by atoms with Crippen molar-refractivity contribution in [1.82, 2.24) is 26.2 Å². The average molecular weight is 1620 g/mol. The number of carbonyl (C=O) groups is 13. The topological polar surface area (TPSA) is 292 Å². The van der Waals surface area contributed by atoms with E-state index in [0.717, 1.165) is 60.5 Å². The van der Waals surface area contributed by atoms with E-state index in [1.807, 2.05) is 0 Å². The first-order valence-corrected chi connectivity index (χ1v) is 60.4. The standard InChI is InChI=1S/C9H18N2O2Si.C9H17NO3Si.C8H14O2SSi.C8H16O2Si.C6H11ClOSi.2C6H13NOSi.2C6H12OSi.C5H10OSi/c1-7(2)8(12)4-5-10-9(13)11-6-14-3;1-7(2)8(11)4-5-13-9(12)10-6-14-3;1-3-7(9)4-5-8(10)11-6-12-2;1-7(2)8(9)4-5-10-6-11-3;1-5(7)6(8)3-4-9-2;1-5(2)6(8)7-4-9-3;1-4-6(8)7(2)5-9-3;2*1-5(2)6(7)4-8-3;1-3-5(6)4-7-2/h1,4-6,14H2,2-3H3,(H2,10,11,13);1,4-6,14H2,2-3H3,(H,10,12);3H,1,4-6,12H2,2H3;1,4-6,11H2,2-3H3;1,3-4,9H2,2H3;1,4,9H2,2-3H3,(H,7,8);4H,1,5,9H2,2-3H3;2*1,4,8H2,2-3H3;3H,1,4,7H2,2H3. The van der Waals surface area contributed by atoms with Crippen molar-refractivity contribution >= 4 is 194 Å². The van der Waals surface area contributed by atoms with E-state index < -0.39 is 6.09 Å². The van der Waals surface area contributed by atoms with Crippen LogP contribution >= 0.6 is 23.4 Å². The van der Waals surface area contributed by atoms with E-state index in [9.17, 15) is 62.3 Å². The lowest BCUT2D eigenvalue weighted by Crippen LogP contribution is -2.38. The van der Waals surface area contributed by atoms with Crippen molar-refractivity contribution in [3.63, 3.8) is 0 Å². The average Bonchev–Trinajstić information content (AvgIpc) is 2.59. The zero-order valence-electron chi connectivity index (χ0n) is 65.7. The zero-order valence-corrected chi connectivity index (χ0v) is 81.4. The van der Waals surface area contributed by atoms with Crippen LogP contribution in [0.3, 0.4) is 0 Å². The summed E-state index contributed by atoms with van der Waals surface area (Å²) in [6, 6.07) is 3.22. The van der Waals surface area contributed by atoms with Gasteiger partial charge in [0.25, 0.3) is 0 Å². The fourth-order valence-corrected chi connectivity index (χ4v) is 13.5. The summed E-state index contributed by atoms with van der Waals surface area (Å²) >= 11 is 6.70. The van der Waals surface area contributed by atoms with E-state index in [1.54, 1.807) is 53.5 Å². The highest BCUT2D eigenvalue weighted by Gasteiger charge is 2.08. The number of carbonyl (C=O) groups excluding carboxylic acids is 13. The number of likely N-dealkylation sites (N-methyl/N-ethyl adjacent to an activating group) is 1. The van der Waals surface area contributed by atoms with Crippen molar-refractivity contribution in [1.29, 1.82) is 0 Å². The van der Waals surface area contributed by atoms with E-state index in [0.29, 0.717) is 78.7 Å². The Hall–Kier alpha value is -5.32. The van der Waals surface area contributed by atoms with Gasteiger partial charge in [0.1, 0.15) is 6.61 Å². The predicted octanol–water partition coefficient (Wildman–Crippen LogP) is 4.99. The molecule has 0 aliphatic heterocycles. The fourth-order valence-electron chi connectivity index (χ4n) is 5.47. The van der Waals surface area contributed by atoms with Crippen LogP contribution in [0.4, 0.5) is 9.59 Å². The molecule has 0 saturated heterocycles. The minimum Gasteiger partial charge on any atom is -0.449 e. The van der Waals surface area contributed by atoms with Gasteiger partial charge < -0.3 is 35.6 Å². The van der Waals surface area contributed by atoms with Crippen LogP contribution < -0.4 is 21.3 Å². The highest BCUT2D eigenvalue weighted by molar-refractivity contribution is 8.14. The molecule has 101 heavy (non-hydrogen) atoms. The number of nitrogens with one attached hydrogen (secondary N) is 4. The van der Waals surface area contributed by atoms with Gasteiger partial charge in [-0.25, -0.2) is 9.59 Å². The van der Waals surface area contributed by atoms with Crippen molar-refractivity contribution in [2.75, 3.05) is 63.1 Å². The molecule has 5 amide bonds. The van der Waals surface area contributed by atoms with Gasteiger partial charge in [-0.1, -0.05) is 161 Å². The molecule has 0 aromatic heterocycles. The molecule has 20 nitrogen and oxygen atoms in total. The second-order valence-electron chi connectivity index (χ2n) is 22.4. The Balaban J connectivity index is -0.000000115. The Morgan fingerprint density at radius 2 is 0.871 bits per heavy atom. The number of allylic oxidation sites excluding steroid dienone is 8. The van der Waals surface area contributed by atoms with E-state index in [1.165, 1.54) is 30.0 Å². The maximum Gasteiger partial charge on any atom is 0.406 e. The second-order valence-corrected chi connectivity index (χ2v) is 39.8. The molecule has 0 atom stereocenters. The van der Waals surface area contributed by atoms with Crippen LogP contribution in [-0.2, 0) is 62.2 Å². The molecular weight excluding hydrogens is 1490 g/mol. The number of hydrogen-bond acceptors (Lipinski definition) is 16. The molecule has 0 aliphatic carbocycles. The van der Waals surface area contributed by atoms with Gasteiger partial charge in [0.2, 0.25) is 11.8 Å². The van der Waals surface area contributed by atoms with Crippen LogP contribution in [0.2, 0.25) is 89.6 Å². The van der Waals surface area contributed by atoms with Gasteiger partial charge in [0.05, 0.1) is 11.6 Å². The summed E-state index contributed by atoms with van der Waals surface area (Å²) in [4.78, 5) is 142. The number of Topliss-reactive ketones (excluding diaryl/α,β-unsaturated/α-hetero) is 6. The second kappa shape index (κ2) is 88.9. The summed E-state index contributed by atoms with van der Waals surface area (Å²) in [6.45, 7) is 67.4. The molecule has 0 heterocycles. The summed E-state index contributed by atoms with van der Waals surface area (Å²) < 4.78 is 9.98. The summed E-state index contributed by atoms with van der Waals surface area (Å²) in [5.74, 6) is 0.727.